The summed E-state index contributed by atoms with van der Waals surface area (Å²) in [5.74, 6) is -0.253. The predicted molar refractivity (Wildman–Crippen MR) is 101 cm³/mol. The molecule has 2 saturated heterocycles. The molecule has 2 atom stereocenters. The lowest BCUT2D eigenvalue weighted by molar-refractivity contribution is -0.127. The monoisotopic (exact) mass is 409 g/mol. The number of likely N-dealkylation sites (N-methyl/N-ethyl adjacent to an activating group) is 1. The van der Waals surface area contributed by atoms with Gasteiger partial charge in [0.05, 0.1) is 19.8 Å². The first-order valence-corrected chi connectivity index (χ1v) is 9.47. The normalized spacial score (nSPS) is 25.6. The second-order valence-corrected chi connectivity index (χ2v) is 7.43. The number of urea groups is 1. The molecule has 150 valence electrons. The van der Waals surface area contributed by atoms with Crippen LogP contribution in [0, 0.1) is 5.82 Å². The number of aliphatic imine (C=N–C) groups is 1. The first-order chi connectivity index (χ1) is 13.5. The van der Waals surface area contributed by atoms with Crippen molar-refractivity contribution in [1.82, 2.24) is 20.0 Å². The number of imide groups is 1. The van der Waals surface area contributed by atoms with Crippen LogP contribution in [0.4, 0.5) is 9.18 Å². The molecule has 1 aromatic rings. The fourth-order valence-electron chi connectivity index (χ4n) is 3.72. The molecule has 0 saturated carbocycles. The van der Waals surface area contributed by atoms with Crippen LogP contribution >= 0.6 is 11.6 Å². The van der Waals surface area contributed by atoms with E-state index in [9.17, 15) is 14.0 Å². The zero-order valence-corrected chi connectivity index (χ0v) is 16.2. The van der Waals surface area contributed by atoms with E-state index in [0.29, 0.717) is 31.2 Å². The number of hydrogen-bond acceptors (Lipinski definition) is 6. The number of carbonyl (C=O) groups is 2. The summed E-state index contributed by atoms with van der Waals surface area (Å²) in [6.07, 6.45) is -0.650. The van der Waals surface area contributed by atoms with E-state index in [1.807, 2.05) is 0 Å². The Labute approximate surface area is 166 Å². The zero-order valence-electron chi connectivity index (χ0n) is 15.4. The van der Waals surface area contributed by atoms with Gasteiger partial charge in [-0.05, 0) is 12.1 Å². The molecular weight excluding hydrogens is 389 g/mol. The van der Waals surface area contributed by atoms with Gasteiger partial charge in [0.1, 0.15) is 11.7 Å². The van der Waals surface area contributed by atoms with E-state index in [-0.39, 0.29) is 11.6 Å². The van der Waals surface area contributed by atoms with Crippen LogP contribution in [-0.2, 0) is 16.1 Å². The molecular formula is C18H21ClFN5O3. The van der Waals surface area contributed by atoms with E-state index in [1.54, 1.807) is 18.0 Å². The number of hydrogen-bond donors (Lipinski definition) is 1. The number of carbonyl (C=O) groups excluding carboxylic acids is 2. The number of halogens is 2. The second-order valence-electron chi connectivity index (χ2n) is 7.03. The van der Waals surface area contributed by atoms with Gasteiger partial charge in [-0.1, -0.05) is 17.7 Å². The van der Waals surface area contributed by atoms with Crippen LogP contribution in [0.15, 0.2) is 23.2 Å². The lowest BCUT2D eigenvalue weighted by Crippen LogP contribution is -2.63. The fourth-order valence-corrected chi connectivity index (χ4v) is 3.94. The highest BCUT2D eigenvalue weighted by Gasteiger charge is 2.48. The van der Waals surface area contributed by atoms with E-state index in [2.05, 4.69) is 15.2 Å². The smallest absolute Gasteiger partial charge is 0.325 e. The van der Waals surface area contributed by atoms with Crippen LogP contribution in [-0.4, -0.2) is 84.6 Å². The van der Waals surface area contributed by atoms with E-state index in [4.69, 9.17) is 16.3 Å². The molecule has 0 radical (unpaired) electrons. The van der Waals surface area contributed by atoms with Gasteiger partial charge < -0.3 is 14.5 Å². The van der Waals surface area contributed by atoms with Crippen LogP contribution < -0.4 is 5.32 Å². The average molecular weight is 410 g/mol. The number of amidine groups is 1. The highest BCUT2D eigenvalue weighted by atomic mass is 35.5. The van der Waals surface area contributed by atoms with Crippen LogP contribution in [0.25, 0.3) is 0 Å². The average Bonchev–Trinajstić information content (AvgIpc) is 3.02. The summed E-state index contributed by atoms with van der Waals surface area (Å²) in [4.78, 5) is 34.6. The van der Waals surface area contributed by atoms with Crippen molar-refractivity contribution in [2.45, 2.75) is 18.8 Å². The van der Waals surface area contributed by atoms with E-state index in [0.717, 1.165) is 13.1 Å². The van der Waals surface area contributed by atoms with Crippen molar-refractivity contribution >= 4 is 29.4 Å². The molecule has 4 rings (SSSR count). The van der Waals surface area contributed by atoms with Gasteiger partial charge in [-0.25, -0.2) is 14.2 Å². The molecule has 1 N–H and O–H groups in total. The van der Waals surface area contributed by atoms with Crippen molar-refractivity contribution in [3.63, 3.8) is 0 Å². The third-order valence-electron chi connectivity index (χ3n) is 5.31. The summed E-state index contributed by atoms with van der Waals surface area (Å²) in [6, 6.07) is 3.27. The van der Waals surface area contributed by atoms with Crippen LogP contribution in [0.2, 0.25) is 5.02 Å². The Bertz CT molecular complexity index is 809. The van der Waals surface area contributed by atoms with E-state index in [1.165, 1.54) is 17.0 Å². The summed E-state index contributed by atoms with van der Waals surface area (Å²) in [7, 11) is 1.59. The zero-order chi connectivity index (χ0) is 19.8. The number of amides is 3. The first-order valence-electron chi connectivity index (χ1n) is 9.09. The van der Waals surface area contributed by atoms with Crippen molar-refractivity contribution in [3.8, 4) is 0 Å². The topological polar surface area (TPSA) is 77.5 Å². The summed E-state index contributed by atoms with van der Waals surface area (Å²) in [5.41, 5.74) is 0.298. The summed E-state index contributed by atoms with van der Waals surface area (Å²) < 4.78 is 19.8. The highest BCUT2D eigenvalue weighted by Crippen LogP contribution is 2.29. The molecule has 10 heteroatoms. The minimum absolute atomic E-state index is 0.0886. The van der Waals surface area contributed by atoms with Crippen molar-refractivity contribution in [1.29, 1.82) is 0 Å². The second kappa shape index (κ2) is 7.65. The molecule has 0 aromatic heterocycles. The molecule has 1 aromatic carbocycles. The summed E-state index contributed by atoms with van der Waals surface area (Å²) in [6.45, 7) is 3.30. The Morgan fingerprint density at radius 3 is 2.75 bits per heavy atom. The van der Waals surface area contributed by atoms with Crippen LogP contribution in [0.5, 0.6) is 0 Å². The molecule has 28 heavy (non-hydrogen) atoms. The van der Waals surface area contributed by atoms with E-state index < -0.39 is 30.0 Å². The fraction of sp³-hybridized carbons (Fsp3) is 0.500. The largest absolute Gasteiger partial charge is 0.379 e. The number of nitrogens with one attached hydrogen (secondary N) is 1. The molecule has 0 spiro atoms. The minimum Gasteiger partial charge on any atom is -0.379 e. The maximum absolute atomic E-state index is 14.4. The highest BCUT2D eigenvalue weighted by molar-refractivity contribution is 6.31. The maximum Gasteiger partial charge on any atom is 0.325 e. The van der Waals surface area contributed by atoms with Crippen LogP contribution in [0.3, 0.4) is 0 Å². The van der Waals surface area contributed by atoms with Crippen molar-refractivity contribution < 1.29 is 18.7 Å². The molecule has 2 fully saturated rings. The number of rotatable bonds is 4. The molecule has 3 aliphatic rings. The standard InChI is InChI=1S/C18H21ClFN5O3/c1-23-16-15(17(26)22-18(23)27)25(9-11-12(19)3-2-4-13(11)20)14(21-16)10-24-5-7-28-8-6-24/h2-4,15-16H,5-10H2,1H3,(H,22,26,27). The first kappa shape index (κ1) is 19.1. The molecule has 2 unspecified atom stereocenters. The number of ether oxygens (including phenoxy) is 1. The quantitative estimate of drug-likeness (QED) is 0.799. The predicted octanol–water partition coefficient (Wildman–Crippen LogP) is 0.902. The summed E-state index contributed by atoms with van der Waals surface area (Å²) >= 11 is 6.21. The Morgan fingerprint density at radius 1 is 1.29 bits per heavy atom. The Balaban J connectivity index is 1.66. The number of fused-ring (bicyclic) bond motifs is 1. The third-order valence-corrected chi connectivity index (χ3v) is 5.66. The molecule has 3 heterocycles. The van der Waals surface area contributed by atoms with Gasteiger partial charge in [0.15, 0.2) is 12.2 Å². The van der Waals surface area contributed by atoms with Crippen molar-refractivity contribution in [2.75, 3.05) is 39.9 Å². The van der Waals surface area contributed by atoms with Crippen molar-refractivity contribution in [3.05, 3.63) is 34.6 Å². The molecule has 0 aliphatic carbocycles. The molecule has 0 bridgehead atoms. The number of nitrogens with zero attached hydrogens (tertiary/aromatic N) is 4. The van der Waals surface area contributed by atoms with Gasteiger partial charge in [0.25, 0.3) is 5.91 Å². The number of benzene rings is 1. The van der Waals surface area contributed by atoms with Crippen molar-refractivity contribution in [2.24, 2.45) is 4.99 Å². The van der Waals surface area contributed by atoms with Gasteiger partial charge in [-0.2, -0.15) is 0 Å². The maximum atomic E-state index is 14.4. The number of morpholine rings is 1. The molecule has 8 nitrogen and oxygen atoms in total. The lowest BCUT2D eigenvalue weighted by Gasteiger charge is -2.37. The minimum atomic E-state index is -0.727. The molecule has 3 aliphatic heterocycles. The Hall–Kier alpha value is -2.23. The SMILES string of the molecule is CN1C(=O)NC(=O)C2C1N=C(CN1CCOCC1)N2Cc1c(F)cccc1Cl. The molecule has 3 amide bonds. The van der Waals surface area contributed by atoms with Gasteiger partial charge in [-0.3, -0.25) is 15.0 Å². The Kier molecular flexibility index (Phi) is 5.22. The lowest BCUT2D eigenvalue weighted by atomic mass is 10.1. The van der Waals surface area contributed by atoms with E-state index >= 15 is 0 Å². The van der Waals surface area contributed by atoms with Crippen LogP contribution in [0.1, 0.15) is 5.56 Å². The van der Waals surface area contributed by atoms with Gasteiger partial charge in [0, 0.05) is 37.3 Å². The van der Waals surface area contributed by atoms with Gasteiger partial charge >= 0.3 is 6.03 Å². The summed E-state index contributed by atoms with van der Waals surface area (Å²) in [5, 5.41) is 2.63. The van der Waals surface area contributed by atoms with Gasteiger partial charge in [-0.15, -0.1) is 0 Å². The Morgan fingerprint density at radius 2 is 2.04 bits per heavy atom. The third kappa shape index (κ3) is 3.45. The van der Waals surface area contributed by atoms with Gasteiger partial charge in [0.2, 0.25) is 0 Å².